The molecular weight excluding hydrogens is 526 g/mol. The number of ether oxygens (including phenoxy) is 2. The van der Waals surface area contributed by atoms with E-state index in [1.165, 1.54) is 4.90 Å². The van der Waals surface area contributed by atoms with Crippen molar-refractivity contribution >= 4 is 23.1 Å². The van der Waals surface area contributed by atoms with Crippen LogP contribution in [0.2, 0.25) is 0 Å². The Morgan fingerprint density at radius 1 is 0.857 bits per heavy atom. The number of nitrogens with zero attached hydrogens (tertiary/aromatic N) is 1. The molecule has 1 unspecified atom stereocenters. The number of hydrogen-bond donors (Lipinski definition) is 1. The molecule has 42 heavy (non-hydrogen) atoms. The first-order chi connectivity index (χ1) is 20.1. The van der Waals surface area contributed by atoms with Crippen molar-refractivity contribution in [1.82, 2.24) is 0 Å². The van der Waals surface area contributed by atoms with Gasteiger partial charge in [0.2, 0.25) is 0 Å². The second kappa shape index (κ2) is 12.0. The van der Waals surface area contributed by atoms with Crippen molar-refractivity contribution in [3.63, 3.8) is 0 Å². The highest BCUT2D eigenvalue weighted by molar-refractivity contribution is 6.51. The van der Waals surface area contributed by atoms with E-state index in [1.54, 1.807) is 18.2 Å². The Hall–Kier alpha value is -4.84. The zero-order valence-electron chi connectivity index (χ0n) is 24.5. The second-order valence-corrected chi connectivity index (χ2v) is 11.0. The maximum absolute atomic E-state index is 13.7. The number of aryl methyl sites for hydroxylation is 3. The van der Waals surface area contributed by atoms with E-state index in [0.29, 0.717) is 34.9 Å². The fourth-order valence-electron chi connectivity index (χ4n) is 5.38. The zero-order valence-corrected chi connectivity index (χ0v) is 24.5. The molecule has 6 nitrogen and oxygen atoms in total. The molecule has 1 aliphatic rings. The highest BCUT2D eigenvalue weighted by Gasteiger charge is 2.47. The van der Waals surface area contributed by atoms with E-state index < -0.39 is 17.7 Å². The standard InChI is InChI=1S/C36H35NO5/c1-22(2)42-30-13-9-12-27(20-30)33-32(35(39)36(40)37(33)29-17-23(3)16-24(4)18-29)34(38)28-14-15-31(25(5)19-28)41-21-26-10-7-6-8-11-26/h6-20,22,33,38H,21H2,1-5H3/b34-32+. The monoisotopic (exact) mass is 561 g/mol. The molecule has 0 aromatic heterocycles. The van der Waals surface area contributed by atoms with Gasteiger partial charge in [-0.1, -0.05) is 48.5 Å². The van der Waals surface area contributed by atoms with Crippen LogP contribution in [0.3, 0.4) is 0 Å². The number of Topliss-reactive ketones (excluding diaryl/α,β-unsaturated/α-hetero) is 1. The molecule has 1 heterocycles. The lowest BCUT2D eigenvalue weighted by Crippen LogP contribution is -2.29. The van der Waals surface area contributed by atoms with Gasteiger partial charge in [-0.3, -0.25) is 14.5 Å². The summed E-state index contributed by atoms with van der Waals surface area (Å²) in [5, 5.41) is 11.7. The van der Waals surface area contributed by atoms with Gasteiger partial charge in [-0.25, -0.2) is 0 Å². The number of amides is 1. The summed E-state index contributed by atoms with van der Waals surface area (Å²) < 4.78 is 11.9. The summed E-state index contributed by atoms with van der Waals surface area (Å²) in [6.45, 7) is 10.1. The van der Waals surface area contributed by atoms with Gasteiger partial charge in [0.15, 0.2) is 0 Å². The maximum Gasteiger partial charge on any atom is 0.300 e. The largest absolute Gasteiger partial charge is 0.507 e. The quantitative estimate of drug-likeness (QED) is 0.136. The van der Waals surface area contributed by atoms with Crippen molar-refractivity contribution < 1.29 is 24.2 Å². The third kappa shape index (κ3) is 5.93. The van der Waals surface area contributed by atoms with Gasteiger partial charge < -0.3 is 14.6 Å². The number of rotatable bonds is 8. The number of carbonyl (C=O) groups is 2. The molecule has 1 aliphatic heterocycles. The fraction of sp³-hybridized carbons (Fsp3) is 0.222. The average Bonchev–Trinajstić information content (AvgIpc) is 3.22. The molecule has 4 aromatic carbocycles. The third-order valence-corrected chi connectivity index (χ3v) is 7.16. The van der Waals surface area contributed by atoms with Crippen LogP contribution in [0.5, 0.6) is 11.5 Å². The molecule has 0 aliphatic carbocycles. The van der Waals surface area contributed by atoms with E-state index in [9.17, 15) is 14.7 Å². The number of ketones is 1. The third-order valence-electron chi connectivity index (χ3n) is 7.16. The topological polar surface area (TPSA) is 76.1 Å². The van der Waals surface area contributed by atoms with Gasteiger partial charge in [0.05, 0.1) is 17.7 Å². The van der Waals surface area contributed by atoms with Crippen molar-refractivity contribution in [2.45, 2.75) is 53.4 Å². The Bertz CT molecular complexity index is 1650. The summed E-state index contributed by atoms with van der Waals surface area (Å²) in [6.07, 6.45) is -0.0587. The van der Waals surface area contributed by atoms with Crippen molar-refractivity contribution in [2.24, 2.45) is 0 Å². The van der Waals surface area contributed by atoms with Crippen molar-refractivity contribution in [3.05, 3.63) is 130 Å². The Morgan fingerprint density at radius 2 is 1.57 bits per heavy atom. The molecule has 1 N–H and O–H groups in total. The number of benzene rings is 4. The van der Waals surface area contributed by atoms with Gasteiger partial charge in [0, 0.05) is 11.3 Å². The summed E-state index contributed by atoms with van der Waals surface area (Å²) in [5.74, 6) is -0.390. The molecule has 0 bridgehead atoms. The smallest absolute Gasteiger partial charge is 0.300 e. The summed E-state index contributed by atoms with van der Waals surface area (Å²) in [5.41, 5.74) is 5.47. The highest BCUT2D eigenvalue weighted by Crippen LogP contribution is 2.43. The molecule has 1 fully saturated rings. The fourth-order valence-corrected chi connectivity index (χ4v) is 5.38. The summed E-state index contributed by atoms with van der Waals surface area (Å²) >= 11 is 0. The summed E-state index contributed by atoms with van der Waals surface area (Å²) in [4.78, 5) is 28.8. The summed E-state index contributed by atoms with van der Waals surface area (Å²) in [6, 6.07) is 27.4. The molecule has 1 atom stereocenters. The molecule has 0 spiro atoms. The molecule has 214 valence electrons. The van der Waals surface area contributed by atoms with Crippen LogP contribution in [0.15, 0.2) is 96.6 Å². The van der Waals surface area contributed by atoms with Gasteiger partial charge in [-0.05, 0) is 105 Å². The van der Waals surface area contributed by atoms with E-state index in [4.69, 9.17) is 9.47 Å². The lowest BCUT2D eigenvalue weighted by atomic mass is 9.94. The normalized spacial score (nSPS) is 16.2. The Kier molecular flexibility index (Phi) is 8.16. The van der Waals surface area contributed by atoms with Gasteiger partial charge in [-0.15, -0.1) is 0 Å². The lowest BCUT2D eigenvalue weighted by molar-refractivity contribution is -0.132. The van der Waals surface area contributed by atoms with E-state index in [0.717, 1.165) is 22.3 Å². The molecule has 0 saturated carbocycles. The van der Waals surface area contributed by atoms with Crippen LogP contribution in [-0.4, -0.2) is 22.9 Å². The first-order valence-electron chi connectivity index (χ1n) is 14.1. The number of anilines is 1. The van der Waals surface area contributed by atoms with E-state index in [-0.39, 0.29) is 17.4 Å². The van der Waals surface area contributed by atoms with Crippen molar-refractivity contribution in [2.75, 3.05) is 4.90 Å². The number of carbonyl (C=O) groups excluding carboxylic acids is 2. The summed E-state index contributed by atoms with van der Waals surface area (Å²) in [7, 11) is 0. The molecule has 6 heteroatoms. The number of hydrogen-bond acceptors (Lipinski definition) is 5. The van der Waals surface area contributed by atoms with Crippen LogP contribution in [-0.2, 0) is 16.2 Å². The Morgan fingerprint density at radius 3 is 2.24 bits per heavy atom. The molecule has 1 amide bonds. The molecule has 0 radical (unpaired) electrons. The van der Waals surface area contributed by atoms with Crippen LogP contribution in [0.4, 0.5) is 5.69 Å². The van der Waals surface area contributed by atoms with E-state index in [2.05, 4.69) is 0 Å². The minimum absolute atomic E-state index is 0.0261. The van der Waals surface area contributed by atoms with Crippen LogP contribution >= 0.6 is 0 Å². The van der Waals surface area contributed by atoms with E-state index in [1.807, 2.05) is 107 Å². The predicted octanol–water partition coefficient (Wildman–Crippen LogP) is 7.60. The Labute approximate surface area is 246 Å². The first-order valence-corrected chi connectivity index (χ1v) is 14.1. The highest BCUT2D eigenvalue weighted by atomic mass is 16.5. The molecular formula is C36H35NO5. The SMILES string of the molecule is Cc1cc(C)cc(N2C(=O)C(=O)/C(=C(/O)c3ccc(OCc4ccccc4)c(C)c3)C2c2cccc(OC(C)C)c2)c1. The Balaban J connectivity index is 1.59. The zero-order chi connectivity index (χ0) is 30.0. The predicted molar refractivity (Wildman–Crippen MR) is 165 cm³/mol. The van der Waals surface area contributed by atoms with Gasteiger partial charge in [0.1, 0.15) is 23.9 Å². The second-order valence-electron chi connectivity index (χ2n) is 11.0. The number of aliphatic hydroxyl groups excluding tert-OH is 1. The minimum Gasteiger partial charge on any atom is -0.507 e. The average molecular weight is 562 g/mol. The van der Waals surface area contributed by atoms with Crippen LogP contribution in [0.25, 0.3) is 5.76 Å². The first kappa shape index (κ1) is 28.7. The van der Waals surface area contributed by atoms with E-state index >= 15 is 0 Å². The van der Waals surface area contributed by atoms with Gasteiger partial charge in [0.25, 0.3) is 11.7 Å². The van der Waals surface area contributed by atoms with Crippen LogP contribution < -0.4 is 14.4 Å². The van der Waals surface area contributed by atoms with Crippen LogP contribution in [0.1, 0.15) is 53.3 Å². The van der Waals surface area contributed by atoms with Crippen molar-refractivity contribution in [3.8, 4) is 11.5 Å². The van der Waals surface area contributed by atoms with Crippen molar-refractivity contribution in [1.29, 1.82) is 0 Å². The minimum atomic E-state index is -0.851. The molecule has 1 saturated heterocycles. The number of aliphatic hydroxyl groups is 1. The van der Waals surface area contributed by atoms with Gasteiger partial charge in [-0.2, -0.15) is 0 Å². The molecule has 5 rings (SSSR count). The van der Waals surface area contributed by atoms with Crippen LogP contribution in [0, 0.1) is 20.8 Å². The maximum atomic E-state index is 13.7. The van der Waals surface area contributed by atoms with Gasteiger partial charge >= 0.3 is 0 Å². The molecule has 4 aromatic rings. The lowest BCUT2D eigenvalue weighted by Gasteiger charge is -2.26.